The van der Waals surface area contributed by atoms with E-state index >= 15 is 0 Å². The van der Waals surface area contributed by atoms with Crippen molar-refractivity contribution in [3.8, 4) is 34.5 Å². The Balaban J connectivity index is 0.000000427. The second kappa shape index (κ2) is 31.9. The van der Waals surface area contributed by atoms with Crippen LogP contribution in [0.2, 0.25) is 0 Å². The van der Waals surface area contributed by atoms with Crippen LogP contribution in [0.3, 0.4) is 0 Å². The molecule has 0 heterocycles. The summed E-state index contributed by atoms with van der Waals surface area (Å²) in [6, 6.07) is 21.0. The first-order valence-corrected chi connectivity index (χ1v) is 25.8. The molecule has 0 spiro atoms. The molecule has 63 heavy (non-hydrogen) atoms. The average molecular weight is 935 g/mol. The van der Waals surface area contributed by atoms with Crippen LogP contribution in [0, 0.1) is 0 Å². The van der Waals surface area contributed by atoms with Gasteiger partial charge in [0.05, 0.1) is 9.79 Å². The quantitative estimate of drug-likeness (QED) is 0.0291. The van der Waals surface area contributed by atoms with Gasteiger partial charge in [-0.05, 0) is 79.3 Å². The SMILES string of the molecule is CCCCCCCCCCCCCc1ccc(S(=O)(=O)O)cc1Oc1cccc(O)c1.CCCCCCCCCCCCCc1ccc(S(=O)(=O)[O-])cc1Oc1cccc([O-])c1.[Ca+2]. The number of unbranched alkanes of at least 4 members (excludes halogenated alkanes) is 20. The normalized spacial score (nSPS) is 11.4. The van der Waals surface area contributed by atoms with Crippen LogP contribution in [0.1, 0.15) is 166 Å². The second-order valence-electron chi connectivity index (χ2n) is 16.2. The van der Waals surface area contributed by atoms with Crippen molar-refractivity contribution in [2.75, 3.05) is 0 Å². The van der Waals surface area contributed by atoms with E-state index < -0.39 is 20.2 Å². The molecule has 0 amide bonds. The monoisotopic (exact) mass is 934 g/mol. The van der Waals surface area contributed by atoms with Crippen LogP contribution in [0.5, 0.6) is 34.5 Å². The van der Waals surface area contributed by atoms with Gasteiger partial charge in [0.25, 0.3) is 10.1 Å². The number of benzene rings is 4. The topological polar surface area (TPSA) is 173 Å². The number of hydrogen-bond acceptors (Lipinski definition) is 9. The molecule has 4 aromatic carbocycles. The summed E-state index contributed by atoms with van der Waals surface area (Å²) in [5.41, 5.74) is 1.71. The van der Waals surface area contributed by atoms with E-state index in [4.69, 9.17) is 9.47 Å². The van der Waals surface area contributed by atoms with Crippen molar-refractivity contribution in [3.05, 3.63) is 96.1 Å². The molecule has 0 bridgehead atoms. The van der Waals surface area contributed by atoms with Gasteiger partial charge in [-0.15, -0.1) is 5.75 Å². The standard InChI is InChI=1S/2C25H36O5S.Ca/c2*1-2-3-4-5-6-7-8-9-10-11-12-14-21-17-18-24(31(27,28)29)20-25(21)30-23-16-13-15-22(26)19-23;/h2*13,15-20,26H,2-12,14H2,1H3,(H,27,28,29);/q;;+2/p-2. The molecule has 13 heteroatoms. The average Bonchev–Trinajstić information content (AvgIpc) is 3.22. The molecule has 0 aliphatic carbocycles. The number of hydrogen-bond donors (Lipinski definition) is 2. The van der Waals surface area contributed by atoms with Gasteiger partial charge in [-0.25, -0.2) is 8.42 Å². The van der Waals surface area contributed by atoms with Gasteiger partial charge in [0.15, 0.2) is 0 Å². The summed E-state index contributed by atoms with van der Waals surface area (Å²) in [6.07, 6.45) is 29.1. The third-order valence-electron chi connectivity index (χ3n) is 10.8. The Labute approximate surface area is 408 Å². The second-order valence-corrected chi connectivity index (χ2v) is 19.0. The molecular formula is C50H70CaO10S2. The minimum atomic E-state index is -4.58. The molecule has 0 fully saturated rings. The predicted octanol–water partition coefficient (Wildman–Crippen LogP) is 13.2. The van der Waals surface area contributed by atoms with E-state index in [2.05, 4.69) is 13.8 Å². The Hall–Kier alpha value is -2.84. The molecule has 0 aliphatic rings. The summed E-state index contributed by atoms with van der Waals surface area (Å²) < 4.78 is 78.2. The fourth-order valence-corrected chi connectivity index (χ4v) is 8.27. The third-order valence-corrected chi connectivity index (χ3v) is 12.5. The number of aryl methyl sites for hydroxylation is 2. The summed E-state index contributed by atoms with van der Waals surface area (Å²) in [5.74, 6) is 1.30. The molecule has 0 aromatic heterocycles. The first kappa shape index (κ1) is 56.3. The number of rotatable bonds is 30. The van der Waals surface area contributed by atoms with Gasteiger partial charge in [-0.1, -0.05) is 173 Å². The van der Waals surface area contributed by atoms with Crippen molar-refractivity contribution in [1.82, 2.24) is 0 Å². The third kappa shape index (κ3) is 24.3. The van der Waals surface area contributed by atoms with Crippen LogP contribution in [0.15, 0.2) is 94.7 Å². The number of ether oxygens (including phenoxy) is 2. The van der Waals surface area contributed by atoms with Gasteiger partial charge in [0.2, 0.25) is 0 Å². The molecule has 0 unspecified atom stereocenters. The van der Waals surface area contributed by atoms with Gasteiger partial charge >= 0.3 is 37.7 Å². The van der Waals surface area contributed by atoms with Gasteiger partial charge in [-0.2, -0.15) is 8.42 Å². The fourth-order valence-electron chi connectivity index (χ4n) is 7.29. The molecule has 344 valence electrons. The van der Waals surface area contributed by atoms with E-state index in [-0.39, 0.29) is 59.0 Å². The molecule has 4 aromatic rings. The molecular weight excluding hydrogens is 865 g/mol. The van der Waals surface area contributed by atoms with Crippen molar-refractivity contribution in [1.29, 1.82) is 0 Å². The van der Waals surface area contributed by atoms with Crippen molar-refractivity contribution in [2.45, 2.75) is 178 Å². The maximum absolute atomic E-state index is 11.6. The molecule has 2 N–H and O–H groups in total. The van der Waals surface area contributed by atoms with Crippen LogP contribution >= 0.6 is 0 Å². The van der Waals surface area contributed by atoms with E-state index in [9.17, 15) is 36.2 Å². The summed E-state index contributed by atoms with van der Waals surface area (Å²) in [6.45, 7) is 4.48. The zero-order valence-corrected chi connectivity index (χ0v) is 41.6. The molecule has 0 atom stereocenters. The Morgan fingerprint density at radius 2 is 0.873 bits per heavy atom. The van der Waals surface area contributed by atoms with Gasteiger partial charge < -0.3 is 24.2 Å². The summed E-state index contributed by atoms with van der Waals surface area (Å²) >= 11 is 0. The van der Waals surface area contributed by atoms with E-state index in [1.165, 1.54) is 164 Å². The summed E-state index contributed by atoms with van der Waals surface area (Å²) in [5, 5.41) is 21.2. The molecule has 0 aliphatic heterocycles. The first-order chi connectivity index (χ1) is 29.8. The Kier molecular flexibility index (Phi) is 28.5. The Bertz CT molecular complexity index is 1940. The zero-order chi connectivity index (χ0) is 45.1. The van der Waals surface area contributed by atoms with Crippen molar-refractivity contribution < 1.29 is 45.6 Å². The van der Waals surface area contributed by atoms with Crippen LogP contribution in [0.25, 0.3) is 0 Å². The Morgan fingerprint density at radius 1 is 0.492 bits per heavy atom. The van der Waals surface area contributed by atoms with Crippen LogP contribution in [0.4, 0.5) is 0 Å². The van der Waals surface area contributed by atoms with Crippen LogP contribution in [-0.4, -0.2) is 68.8 Å². The zero-order valence-electron chi connectivity index (χ0n) is 37.7. The minimum Gasteiger partial charge on any atom is -0.872 e. The smallest absolute Gasteiger partial charge is 0.872 e. The van der Waals surface area contributed by atoms with Crippen molar-refractivity contribution >= 4 is 58.0 Å². The largest absolute Gasteiger partial charge is 2.00 e. The maximum atomic E-state index is 11.6. The van der Waals surface area contributed by atoms with E-state index in [0.29, 0.717) is 23.0 Å². The van der Waals surface area contributed by atoms with E-state index in [1.807, 2.05) is 0 Å². The fraction of sp³-hybridized carbons (Fsp3) is 0.520. The first-order valence-electron chi connectivity index (χ1n) is 22.9. The number of phenols is 1. The predicted molar refractivity (Wildman–Crippen MR) is 251 cm³/mol. The van der Waals surface area contributed by atoms with Crippen molar-refractivity contribution in [2.24, 2.45) is 0 Å². The molecule has 0 saturated carbocycles. The summed E-state index contributed by atoms with van der Waals surface area (Å²) in [7, 11) is -8.90. The van der Waals surface area contributed by atoms with Crippen LogP contribution in [-0.2, 0) is 33.1 Å². The van der Waals surface area contributed by atoms with Crippen LogP contribution < -0.4 is 14.6 Å². The van der Waals surface area contributed by atoms with Crippen molar-refractivity contribution in [3.63, 3.8) is 0 Å². The Morgan fingerprint density at radius 3 is 1.27 bits per heavy atom. The van der Waals surface area contributed by atoms with E-state index in [1.54, 1.807) is 36.4 Å². The van der Waals surface area contributed by atoms with Gasteiger partial charge in [0.1, 0.15) is 38.9 Å². The van der Waals surface area contributed by atoms with Gasteiger partial charge in [-0.3, -0.25) is 4.55 Å². The summed E-state index contributed by atoms with van der Waals surface area (Å²) in [4.78, 5) is -0.534. The van der Waals surface area contributed by atoms with E-state index in [0.717, 1.165) is 49.7 Å². The number of phenolic OH excluding ortho intramolecular Hbond substituents is 1. The molecule has 4 rings (SSSR count). The molecule has 10 nitrogen and oxygen atoms in total. The number of aromatic hydroxyl groups is 1. The minimum absolute atomic E-state index is 0. The molecule has 0 saturated heterocycles. The maximum Gasteiger partial charge on any atom is 2.00 e. The molecule has 0 radical (unpaired) electrons. The van der Waals surface area contributed by atoms with Gasteiger partial charge in [0, 0.05) is 12.1 Å².